The summed E-state index contributed by atoms with van der Waals surface area (Å²) in [4.78, 5) is 30.7. The van der Waals surface area contributed by atoms with Gasteiger partial charge in [-0.3, -0.25) is 5.32 Å². The zero-order valence-electron chi connectivity index (χ0n) is 21.3. The molecule has 0 radical (unpaired) electrons. The lowest BCUT2D eigenvalue weighted by Gasteiger charge is -2.56. The van der Waals surface area contributed by atoms with Gasteiger partial charge in [-0.25, -0.2) is 24.4 Å². The van der Waals surface area contributed by atoms with Gasteiger partial charge in [0.15, 0.2) is 0 Å². The number of amides is 2. The van der Waals surface area contributed by atoms with Crippen molar-refractivity contribution in [2.45, 2.75) is 64.5 Å². The molecule has 37 heavy (non-hydrogen) atoms. The third-order valence-corrected chi connectivity index (χ3v) is 7.86. The van der Waals surface area contributed by atoms with Crippen molar-refractivity contribution in [3.8, 4) is 0 Å². The van der Waals surface area contributed by atoms with Gasteiger partial charge < -0.3 is 10.6 Å². The lowest BCUT2D eigenvalue weighted by molar-refractivity contribution is -0.0132. The normalized spacial score (nSPS) is 26.2. The number of nitrogens with zero attached hydrogens (tertiary/aromatic N) is 6. The van der Waals surface area contributed by atoms with Crippen molar-refractivity contribution in [2.75, 3.05) is 5.32 Å². The van der Waals surface area contributed by atoms with Crippen LogP contribution in [-0.2, 0) is 6.54 Å². The zero-order chi connectivity index (χ0) is 25.4. The number of aliphatic imine (C=N–C) groups is 1. The molecule has 3 aromatic rings. The van der Waals surface area contributed by atoms with E-state index in [0.717, 1.165) is 59.7 Å². The second-order valence-corrected chi connectivity index (χ2v) is 11.1. The lowest BCUT2D eigenvalue weighted by Crippen LogP contribution is -2.62. The predicted molar refractivity (Wildman–Crippen MR) is 140 cm³/mol. The molecule has 192 valence electrons. The third-order valence-electron chi connectivity index (χ3n) is 7.86. The van der Waals surface area contributed by atoms with Crippen LogP contribution in [0.1, 0.15) is 55.5 Å². The van der Waals surface area contributed by atoms with Crippen molar-refractivity contribution in [3.05, 3.63) is 59.9 Å². The van der Waals surface area contributed by atoms with Crippen LogP contribution in [0.4, 0.5) is 16.4 Å². The van der Waals surface area contributed by atoms with E-state index in [9.17, 15) is 4.79 Å². The number of aromatic nitrogens is 5. The van der Waals surface area contributed by atoms with Gasteiger partial charge in [0.2, 0.25) is 5.96 Å². The molecule has 0 aliphatic heterocycles. The molecule has 4 fully saturated rings. The molecule has 2 aromatic heterocycles. The first-order chi connectivity index (χ1) is 17.9. The minimum atomic E-state index is -0.236. The second-order valence-electron chi connectivity index (χ2n) is 11.1. The van der Waals surface area contributed by atoms with Gasteiger partial charge in [-0.1, -0.05) is 12.1 Å². The van der Waals surface area contributed by atoms with Gasteiger partial charge in [-0.2, -0.15) is 10.1 Å². The van der Waals surface area contributed by atoms with Crippen molar-refractivity contribution in [1.82, 2.24) is 35.4 Å². The molecule has 10 nitrogen and oxygen atoms in total. The number of nitrogens with one attached hydrogen (secondary N) is 3. The van der Waals surface area contributed by atoms with E-state index in [0.29, 0.717) is 12.5 Å². The van der Waals surface area contributed by atoms with E-state index in [-0.39, 0.29) is 17.5 Å². The number of hydrogen-bond donors (Lipinski definition) is 3. The summed E-state index contributed by atoms with van der Waals surface area (Å²) < 4.78 is 1.77. The van der Waals surface area contributed by atoms with Gasteiger partial charge in [-0.15, -0.1) is 0 Å². The Morgan fingerprint density at radius 1 is 1.03 bits per heavy atom. The Hall–Kier alpha value is -3.82. The van der Waals surface area contributed by atoms with Crippen molar-refractivity contribution in [2.24, 2.45) is 22.7 Å². The minimum absolute atomic E-state index is 0.0939. The highest BCUT2D eigenvalue weighted by Crippen LogP contribution is 2.55. The van der Waals surface area contributed by atoms with Crippen molar-refractivity contribution in [3.63, 3.8) is 0 Å². The predicted octanol–water partition coefficient (Wildman–Crippen LogP) is 4.10. The maximum Gasteiger partial charge on any atom is 0.321 e. The Labute approximate surface area is 216 Å². The van der Waals surface area contributed by atoms with Crippen LogP contribution in [0, 0.1) is 31.6 Å². The highest BCUT2D eigenvalue weighted by Gasteiger charge is 2.51. The van der Waals surface area contributed by atoms with Gasteiger partial charge in [0.25, 0.3) is 5.95 Å². The summed E-state index contributed by atoms with van der Waals surface area (Å²) in [7, 11) is 0. The van der Waals surface area contributed by atoms with Crippen LogP contribution < -0.4 is 16.0 Å². The molecule has 4 saturated carbocycles. The molecule has 0 spiro atoms. The van der Waals surface area contributed by atoms with E-state index in [1.54, 1.807) is 11.0 Å². The fraction of sp³-hybridized carbons (Fsp3) is 0.481. The molecule has 2 heterocycles. The Kier molecular flexibility index (Phi) is 6.10. The molecule has 7 rings (SSSR count). The molecule has 1 aromatic carbocycles. The molecule has 10 heteroatoms. The van der Waals surface area contributed by atoms with E-state index in [2.05, 4.69) is 41.0 Å². The topological polar surface area (TPSA) is 122 Å². The number of carbonyl (C=O) groups excluding carboxylic acids is 1. The molecule has 0 unspecified atom stereocenters. The first-order valence-corrected chi connectivity index (χ1v) is 13.1. The van der Waals surface area contributed by atoms with E-state index in [1.807, 2.05) is 44.2 Å². The Bertz CT molecular complexity index is 1240. The highest BCUT2D eigenvalue weighted by molar-refractivity contribution is 6.04. The lowest BCUT2D eigenvalue weighted by atomic mass is 9.53. The van der Waals surface area contributed by atoms with Gasteiger partial charge in [0.1, 0.15) is 12.7 Å². The molecular formula is C27H33N9O. The molecule has 4 aliphatic carbocycles. The average Bonchev–Trinajstić information content (AvgIpc) is 3.31. The summed E-state index contributed by atoms with van der Waals surface area (Å²) >= 11 is 0. The zero-order valence-corrected chi connectivity index (χ0v) is 21.3. The second kappa shape index (κ2) is 9.57. The number of guanidine groups is 1. The van der Waals surface area contributed by atoms with Crippen molar-refractivity contribution < 1.29 is 4.79 Å². The molecule has 0 atom stereocenters. The van der Waals surface area contributed by atoms with Crippen molar-refractivity contribution in [1.29, 1.82) is 0 Å². The summed E-state index contributed by atoms with van der Waals surface area (Å²) in [5.41, 5.74) is 3.42. The fourth-order valence-electron chi connectivity index (χ4n) is 6.92. The van der Waals surface area contributed by atoms with Gasteiger partial charge in [0, 0.05) is 22.6 Å². The number of rotatable bonds is 5. The fourth-order valence-corrected chi connectivity index (χ4v) is 6.92. The number of anilines is 1. The van der Waals surface area contributed by atoms with Crippen LogP contribution >= 0.6 is 0 Å². The van der Waals surface area contributed by atoms with Crippen LogP contribution in [0.3, 0.4) is 0 Å². The maximum atomic E-state index is 13.3. The molecule has 2 amide bonds. The van der Waals surface area contributed by atoms with E-state index >= 15 is 0 Å². The van der Waals surface area contributed by atoms with E-state index in [1.165, 1.54) is 25.6 Å². The van der Waals surface area contributed by atoms with Crippen LogP contribution in [0.5, 0.6) is 0 Å². The Morgan fingerprint density at radius 3 is 2.27 bits per heavy atom. The third kappa shape index (κ3) is 5.47. The van der Waals surface area contributed by atoms with Crippen molar-refractivity contribution >= 4 is 23.6 Å². The number of aryl methyl sites for hydroxylation is 2. The van der Waals surface area contributed by atoms with Gasteiger partial charge in [0.05, 0.1) is 6.54 Å². The molecular weight excluding hydrogens is 466 g/mol. The summed E-state index contributed by atoms with van der Waals surface area (Å²) in [6.45, 7) is 4.44. The van der Waals surface area contributed by atoms with Crippen LogP contribution in [0.15, 0.2) is 48.0 Å². The largest absolute Gasteiger partial charge is 0.332 e. The van der Waals surface area contributed by atoms with Crippen LogP contribution in [0.2, 0.25) is 0 Å². The smallest absolute Gasteiger partial charge is 0.321 e. The van der Waals surface area contributed by atoms with E-state index < -0.39 is 0 Å². The summed E-state index contributed by atoms with van der Waals surface area (Å²) in [6.07, 6.45) is 10.4. The SMILES string of the molecule is Cc1cc(C)nc(/N=C(\NC(=O)NC23CC4CC(CC(C4)C2)C3)Nc2ccc(Cn3cncn3)cc2)n1. The minimum Gasteiger partial charge on any atom is -0.332 e. The number of hydrogen-bond acceptors (Lipinski definition) is 6. The summed E-state index contributed by atoms with van der Waals surface area (Å²) in [5.74, 6) is 2.83. The van der Waals surface area contributed by atoms with E-state index in [4.69, 9.17) is 0 Å². The average molecular weight is 500 g/mol. The summed E-state index contributed by atoms with van der Waals surface area (Å²) in [6, 6.07) is 9.56. The standard InChI is InChI=1S/C27H33N9O/c1-17-7-18(2)31-24(30-17)33-25(32-23-5-3-19(4-6-23)14-36-16-28-15-29-36)34-26(37)35-27-11-20-8-21(12-27)10-22(9-20)13-27/h3-7,15-16,20-22H,8-14H2,1-2H3,(H3,30,31,32,33,34,35,37). The highest BCUT2D eigenvalue weighted by atomic mass is 16.2. The quantitative estimate of drug-likeness (QED) is 0.359. The molecule has 0 saturated heterocycles. The van der Waals surface area contributed by atoms with Crippen LogP contribution in [0.25, 0.3) is 0 Å². The molecule has 4 bridgehead atoms. The Balaban J connectivity index is 1.19. The Morgan fingerprint density at radius 2 is 1.68 bits per heavy atom. The monoisotopic (exact) mass is 499 g/mol. The first kappa shape index (κ1) is 23.6. The number of carbonyl (C=O) groups is 1. The first-order valence-electron chi connectivity index (χ1n) is 13.1. The van der Waals surface area contributed by atoms with Gasteiger partial charge >= 0.3 is 6.03 Å². The molecule has 3 N–H and O–H groups in total. The maximum absolute atomic E-state index is 13.3. The molecule has 4 aliphatic rings. The van der Waals surface area contributed by atoms with Crippen LogP contribution in [-0.4, -0.2) is 42.3 Å². The van der Waals surface area contributed by atoms with Gasteiger partial charge in [-0.05, 0) is 93.9 Å². The number of benzene rings is 1. The number of urea groups is 1. The summed E-state index contributed by atoms with van der Waals surface area (Å²) in [5, 5.41) is 13.7.